The van der Waals surface area contributed by atoms with E-state index in [-0.39, 0.29) is 18.2 Å². The quantitative estimate of drug-likeness (QED) is 0.563. The highest BCUT2D eigenvalue weighted by atomic mass is 16.4. The van der Waals surface area contributed by atoms with E-state index in [9.17, 15) is 9.59 Å². The van der Waals surface area contributed by atoms with Crippen LogP contribution in [-0.4, -0.2) is 29.6 Å². The molecule has 5 heteroatoms. The van der Waals surface area contributed by atoms with E-state index >= 15 is 0 Å². The Hall–Kier alpha value is -1.10. The molecule has 0 aromatic rings. The van der Waals surface area contributed by atoms with Crippen LogP contribution >= 0.6 is 0 Å². The second kappa shape index (κ2) is 6.37. The first-order chi connectivity index (χ1) is 6.43. The molecule has 0 aromatic carbocycles. The van der Waals surface area contributed by atoms with E-state index in [1.165, 1.54) is 0 Å². The van der Waals surface area contributed by atoms with Gasteiger partial charge in [-0.2, -0.15) is 0 Å². The number of carboxylic acids is 1. The second-order valence-electron chi connectivity index (χ2n) is 3.57. The molecule has 2 atom stereocenters. The van der Waals surface area contributed by atoms with Gasteiger partial charge in [-0.3, -0.25) is 9.59 Å². The average molecular weight is 202 g/mol. The topological polar surface area (TPSA) is 92.4 Å². The Bertz CT molecular complexity index is 204. The Morgan fingerprint density at radius 1 is 1.43 bits per heavy atom. The fraction of sp³-hybridized carbons (Fsp3) is 0.778. The molecule has 0 aromatic heterocycles. The molecule has 0 heterocycles. The highest BCUT2D eigenvalue weighted by Gasteiger charge is 2.09. The van der Waals surface area contributed by atoms with Crippen LogP contribution < -0.4 is 11.1 Å². The van der Waals surface area contributed by atoms with Crippen LogP contribution in [0.2, 0.25) is 0 Å². The van der Waals surface area contributed by atoms with Crippen molar-refractivity contribution in [3.8, 4) is 0 Å². The van der Waals surface area contributed by atoms with Gasteiger partial charge in [0.2, 0.25) is 5.91 Å². The molecule has 0 bridgehead atoms. The van der Waals surface area contributed by atoms with Crippen LogP contribution in [0.15, 0.2) is 0 Å². The van der Waals surface area contributed by atoms with Crippen LogP contribution in [0.25, 0.3) is 0 Å². The number of rotatable bonds is 6. The van der Waals surface area contributed by atoms with Crippen molar-refractivity contribution in [1.82, 2.24) is 5.32 Å². The minimum Gasteiger partial charge on any atom is -0.481 e. The number of carbonyl (C=O) groups excluding carboxylic acids is 1. The summed E-state index contributed by atoms with van der Waals surface area (Å²) in [5, 5.41) is 11.1. The van der Waals surface area contributed by atoms with Gasteiger partial charge in [0.15, 0.2) is 0 Å². The van der Waals surface area contributed by atoms with Gasteiger partial charge in [0.05, 0.1) is 6.04 Å². The maximum Gasteiger partial charge on any atom is 0.303 e. The Morgan fingerprint density at radius 3 is 2.43 bits per heavy atom. The molecule has 0 saturated carbocycles. The zero-order valence-corrected chi connectivity index (χ0v) is 8.62. The van der Waals surface area contributed by atoms with Crippen LogP contribution in [-0.2, 0) is 9.59 Å². The summed E-state index contributed by atoms with van der Waals surface area (Å²) in [6.07, 6.45) is 0.698. The van der Waals surface area contributed by atoms with Gasteiger partial charge in [-0.15, -0.1) is 0 Å². The molecule has 0 aliphatic heterocycles. The third-order valence-corrected chi connectivity index (χ3v) is 1.89. The van der Waals surface area contributed by atoms with Crippen molar-refractivity contribution in [2.75, 3.05) is 6.54 Å². The molecule has 0 spiro atoms. The smallest absolute Gasteiger partial charge is 0.303 e. The second-order valence-corrected chi connectivity index (χ2v) is 3.57. The number of carboxylic acid groups (broad SMARTS) is 1. The van der Waals surface area contributed by atoms with Crippen LogP contribution in [0.5, 0.6) is 0 Å². The SMILES string of the molecule is CC(CCC(=O)O)CNC(=O)C(C)N. The van der Waals surface area contributed by atoms with Gasteiger partial charge in [-0.25, -0.2) is 0 Å². The van der Waals surface area contributed by atoms with E-state index < -0.39 is 12.0 Å². The summed E-state index contributed by atoms with van der Waals surface area (Å²) in [5.74, 6) is -0.851. The van der Waals surface area contributed by atoms with Crippen LogP contribution in [0.4, 0.5) is 0 Å². The van der Waals surface area contributed by atoms with Crippen molar-refractivity contribution < 1.29 is 14.7 Å². The van der Waals surface area contributed by atoms with Crippen molar-refractivity contribution in [2.24, 2.45) is 11.7 Å². The standard InChI is InChI=1S/C9H18N2O3/c1-6(3-4-8(12)13)5-11-9(14)7(2)10/h6-7H,3-5,10H2,1-2H3,(H,11,14)(H,12,13). The summed E-state index contributed by atoms with van der Waals surface area (Å²) in [7, 11) is 0. The lowest BCUT2D eigenvalue weighted by Crippen LogP contribution is -2.40. The molecule has 0 aliphatic rings. The fourth-order valence-corrected chi connectivity index (χ4v) is 0.908. The van der Waals surface area contributed by atoms with Crippen molar-refractivity contribution in [3.63, 3.8) is 0 Å². The van der Waals surface area contributed by atoms with Gasteiger partial charge in [-0.1, -0.05) is 6.92 Å². The first kappa shape index (κ1) is 12.9. The van der Waals surface area contributed by atoms with Gasteiger partial charge < -0.3 is 16.2 Å². The van der Waals surface area contributed by atoms with E-state index in [0.717, 1.165) is 0 Å². The summed E-state index contributed by atoms with van der Waals surface area (Å²) < 4.78 is 0. The van der Waals surface area contributed by atoms with Gasteiger partial charge >= 0.3 is 5.97 Å². The van der Waals surface area contributed by atoms with Crippen LogP contribution in [0.3, 0.4) is 0 Å². The van der Waals surface area contributed by atoms with Gasteiger partial charge in [-0.05, 0) is 19.3 Å². The van der Waals surface area contributed by atoms with Crippen molar-refractivity contribution >= 4 is 11.9 Å². The Labute approximate surface area is 83.7 Å². The van der Waals surface area contributed by atoms with E-state index in [0.29, 0.717) is 13.0 Å². The van der Waals surface area contributed by atoms with Crippen LogP contribution in [0.1, 0.15) is 26.7 Å². The fourth-order valence-electron chi connectivity index (χ4n) is 0.908. The average Bonchev–Trinajstić information content (AvgIpc) is 2.10. The third kappa shape index (κ3) is 6.42. The molecule has 5 nitrogen and oxygen atoms in total. The molecule has 14 heavy (non-hydrogen) atoms. The Balaban J connectivity index is 3.58. The van der Waals surface area contributed by atoms with Crippen molar-refractivity contribution in [3.05, 3.63) is 0 Å². The zero-order chi connectivity index (χ0) is 11.1. The maximum atomic E-state index is 11.0. The molecule has 0 saturated heterocycles. The molecular weight excluding hydrogens is 184 g/mol. The van der Waals surface area contributed by atoms with E-state index in [1.807, 2.05) is 6.92 Å². The number of nitrogens with two attached hydrogens (primary N) is 1. The minimum atomic E-state index is -0.810. The van der Waals surface area contributed by atoms with Crippen molar-refractivity contribution in [1.29, 1.82) is 0 Å². The molecule has 1 amide bonds. The number of hydrogen-bond acceptors (Lipinski definition) is 3. The predicted molar refractivity (Wildman–Crippen MR) is 52.7 cm³/mol. The summed E-state index contributed by atoms with van der Waals surface area (Å²) in [6.45, 7) is 3.98. The van der Waals surface area contributed by atoms with E-state index in [1.54, 1.807) is 6.92 Å². The molecule has 0 rings (SSSR count). The first-order valence-corrected chi connectivity index (χ1v) is 4.68. The van der Waals surface area contributed by atoms with Gasteiger partial charge in [0.25, 0.3) is 0 Å². The summed E-state index contributed by atoms with van der Waals surface area (Å²) in [5.41, 5.74) is 5.34. The third-order valence-electron chi connectivity index (χ3n) is 1.89. The molecule has 0 fully saturated rings. The maximum absolute atomic E-state index is 11.0. The highest BCUT2D eigenvalue weighted by Crippen LogP contribution is 2.03. The lowest BCUT2D eigenvalue weighted by Gasteiger charge is -2.12. The minimum absolute atomic E-state index is 0.134. The lowest BCUT2D eigenvalue weighted by atomic mass is 10.1. The van der Waals surface area contributed by atoms with Gasteiger partial charge in [0.1, 0.15) is 0 Å². The predicted octanol–water partition coefficient (Wildman–Crippen LogP) is -0.0493. The molecule has 82 valence electrons. The summed E-state index contributed by atoms with van der Waals surface area (Å²) >= 11 is 0. The molecule has 2 unspecified atom stereocenters. The van der Waals surface area contributed by atoms with Crippen molar-refractivity contribution in [2.45, 2.75) is 32.7 Å². The Kier molecular flexibility index (Phi) is 5.87. The Morgan fingerprint density at radius 2 is 2.00 bits per heavy atom. The highest BCUT2D eigenvalue weighted by molar-refractivity contribution is 5.80. The van der Waals surface area contributed by atoms with E-state index in [2.05, 4.69) is 5.32 Å². The zero-order valence-electron chi connectivity index (χ0n) is 8.62. The molecular formula is C9H18N2O3. The molecule has 4 N–H and O–H groups in total. The van der Waals surface area contributed by atoms with Gasteiger partial charge in [0, 0.05) is 13.0 Å². The van der Waals surface area contributed by atoms with E-state index in [4.69, 9.17) is 10.8 Å². The molecule has 0 radical (unpaired) electrons. The largest absolute Gasteiger partial charge is 0.481 e. The van der Waals surface area contributed by atoms with Crippen LogP contribution in [0, 0.1) is 5.92 Å². The lowest BCUT2D eigenvalue weighted by molar-refractivity contribution is -0.137. The number of hydrogen-bond donors (Lipinski definition) is 3. The monoisotopic (exact) mass is 202 g/mol. The number of amides is 1. The molecule has 0 aliphatic carbocycles. The summed E-state index contributed by atoms with van der Waals surface area (Å²) in [4.78, 5) is 21.3. The first-order valence-electron chi connectivity index (χ1n) is 4.68. The summed E-state index contributed by atoms with van der Waals surface area (Å²) in [6, 6.07) is -0.512. The normalized spacial score (nSPS) is 14.5. The number of aliphatic carboxylic acids is 1. The number of nitrogens with one attached hydrogen (secondary N) is 1. The number of carbonyl (C=O) groups is 2.